The molecule has 1 aliphatic rings. The van der Waals surface area contributed by atoms with Crippen molar-refractivity contribution in [2.75, 3.05) is 20.3 Å². The van der Waals surface area contributed by atoms with Crippen molar-refractivity contribution in [3.63, 3.8) is 0 Å². The summed E-state index contributed by atoms with van der Waals surface area (Å²) in [4.78, 5) is 2.43. The van der Waals surface area contributed by atoms with E-state index in [-0.39, 0.29) is 12.1 Å². The van der Waals surface area contributed by atoms with Crippen LogP contribution in [0.3, 0.4) is 0 Å². The molecule has 0 bridgehead atoms. The van der Waals surface area contributed by atoms with Crippen LogP contribution in [0.2, 0.25) is 0 Å². The molecule has 1 aromatic carbocycles. The van der Waals surface area contributed by atoms with Crippen molar-refractivity contribution >= 4 is 0 Å². The van der Waals surface area contributed by atoms with E-state index in [9.17, 15) is 0 Å². The standard InChI is InChI=1S/C15H24N2O/c1-12(16)15(13-6-4-3-5-7-13)17(2)14-8-10-18-11-9-14/h3-7,12,14-15H,8-11,16H2,1-2H3. The van der Waals surface area contributed by atoms with Crippen LogP contribution in [0.5, 0.6) is 0 Å². The third-order valence-corrected chi connectivity index (χ3v) is 3.84. The Hall–Kier alpha value is -0.900. The largest absolute Gasteiger partial charge is 0.381 e. The van der Waals surface area contributed by atoms with Gasteiger partial charge in [-0.2, -0.15) is 0 Å². The average Bonchev–Trinajstić information content (AvgIpc) is 2.40. The average molecular weight is 248 g/mol. The van der Waals surface area contributed by atoms with Crippen LogP contribution in [0.1, 0.15) is 31.4 Å². The number of nitrogens with zero attached hydrogens (tertiary/aromatic N) is 1. The molecule has 0 spiro atoms. The molecule has 2 atom stereocenters. The molecule has 18 heavy (non-hydrogen) atoms. The Bertz CT molecular complexity index is 347. The highest BCUT2D eigenvalue weighted by molar-refractivity contribution is 5.20. The van der Waals surface area contributed by atoms with Crippen LogP contribution in [0.15, 0.2) is 30.3 Å². The summed E-state index contributed by atoms with van der Waals surface area (Å²) in [6, 6.07) is 11.6. The third-order valence-electron chi connectivity index (χ3n) is 3.84. The highest BCUT2D eigenvalue weighted by Crippen LogP contribution is 2.27. The second-order valence-corrected chi connectivity index (χ2v) is 5.22. The number of nitrogens with two attached hydrogens (primary N) is 1. The van der Waals surface area contributed by atoms with Gasteiger partial charge in [-0.1, -0.05) is 30.3 Å². The van der Waals surface area contributed by atoms with Crippen LogP contribution in [0.25, 0.3) is 0 Å². The molecule has 0 amide bonds. The lowest BCUT2D eigenvalue weighted by atomic mass is 9.96. The minimum Gasteiger partial charge on any atom is -0.381 e. The summed E-state index contributed by atoms with van der Waals surface area (Å²) in [5, 5.41) is 0. The lowest BCUT2D eigenvalue weighted by Crippen LogP contribution is -2.45. The Morgan fingerprint density at radius 3 is 2.39 bits per heavy atom. The maximum absolute atomic E-state index is 6.20. The van der Waals surface area contributed by atoms with Crippen LogP contribution in [-0.2, 0) is 4.74 Å². The number of ether oxygens (including phenoxy) is 1. The van der Waals surface area contributed by atoms with Gasteiger partial charge in [-0.25, -0.2) is 0 Å². The minimum atomic E-state index is 0.125. The van der Waals surface area contributed by atoms with E-state index in [1.807, 2.05) is 0 Å². The molecule has 3 heteroatoms. The monoisotopic (exact) mass is 248 g/mol. The first-order chi connectivity index (χ1) is 8.70. The fourth-order valence-electron chi connectivity index (χ4n) is 2.88. The molecule has 3 nitrogen and oxygen atoms in total. The van der Waals surface area contributed by atoms with Gasteiger partial charge in [-0.3, -0.25) is 4.90 Å². The molecule has 1 saturated heterocycles. The van der Waals surface area contributed by atoms with Gasteiger partial charge in [0.15, 0.2) is 0 Å². The van der Waals surface area contributed by atoms with Crippen LogP contribution in [0.4, 0.5) is 0 Å². The second kappa shape index (κ2) is 6.32. The Kier molecular flexibility index (Phi) is 4.75. The molecule has 2 rings (SSSR count). The van der Waals surface area contributed by atoms with E-state index < -0.39 is 0 Å². The Balaban J connectivity index is 2.14. The topological polar surface area (TPSA) is 38.5 Å². The summed E-state index contributed by atoms with van der Waals surface area (Å²) < 4.78 is 5.44. The molecule has 2 unspecified atom stereocenters. The smallest absolute Gasteiger partial charge is 0.0496 e. The van der Waals surface area contributed by atoms with Crippen LogP contribution in [-0.4, -0.2) is 37.2 Å². The van der Waals surface area contributed by atoms with Gasteiger partial charge in [-0.05, 0) is 32.4 Å². The summed E-state index contributed by atoms with van der Waals surface area (Å²) >= 11 is 0. The summed E-state index contributed by atoms with van der Waals surface area (Å²) in [6.07, 6.45) is 2.21. The van der Waals surface area contributed by atoms with Crippen LogP contribution < -0.4 is 5.73 Å². The zero-order valence-electron chi connectivity index (χ0n) is 11.4. The molecule has 0 saturated carbocycles. The van der Waals surface area contributed by atoms with Crippen molar-refractivity contribution in [3.05, 3.63) is 35.9 Å². The second-order valence-electron chi connectivity index (χ2n) is 5.22. The zero-order chi connectivity index (χ0) is 13.0. The van der Waals surface area contributed by atoms with Crippen LogP contribution in [0, 0.1) is 0 Å². The molecular formula is C15H24N2O. The van der Waals surface area contributed by atoms with Gasteiger partial charge in [0.25, 0.3) is 0 Å². The molecule has 1 fully saturated rings. The van der Waals surface area contributed by atoms with Gasteiger partial charge in [-0.15, -0.1) is 0 Å². The van der Waals surface area contributed by atoms with Crippen molar-refractivity contribution in [1.82, 2.24) is 4.90 Å². The number of hydrogen-bond acceptors (Lipinski definition) is 3. The highest BCUT2D eigenvalue weighted by atomic mass is 16.5. The lowest BCUT2D eigenvalue weighted by Gasteiger charge is -2.39. The van der Waals surface area contributed by atoms with E-state index in [4.69, 9.17) is 10.5 Å². The molecular weight excluding hydrogens is 224 g/mol. The molecule has 1 heterocycles. The molecule has 100 valence electrons. The zero-order valence-corrected chi connectivity index (χ0v) is 11.4. The van der Waals surface area contributed by atoms with E-state index in [1.54, 1.807) is 0 Å². The predicted molar refractivity (Wildman–Crippen MR) is 74.4 cm³/mol. The Labute approximate surface area is 110 Å². The predicted octanol–water partition coefficient (Wildman–Crippen LogP) is 2.19. The Morgan fingerprint density at radius 2 is 1.83 bits per heavy atom. The van der Waals surface area contributed by atoms with Crippen molar-refractivity contribution in [2.24, 2.45) is 5.73 Å². The van der Waals surface area contributed by atoms with E-state index in [0.29, 0.717) is 6.04 Å². The normalized spacial score (nSPS) is 20.9. The highest BCUT2D eigenvalue weighted by Gasteiger charge is 2.28. The number of hydrogen-bond donors (Lipinski definition) is 1. The van der Waals surface area contributed by atoms with E-state index in [2.05, 4.69) is 49.2 Å². The van der Waals surface area contributed by atoms with Gasteiger partial charge in [0, 0.05) is 31.3 Å². The minimum absolute atomic E-state index is 0.125. The maximum atomic E-state index is 6.20. The van der Waals surface area contributed by atoms with Gasteiger partial charge in [0.1, 0.15) is 0 Å². The maximum Gasteiger partial charge on any atom is 0.0496 e. The summed E-state index contributed by atoms with van der Waals surface area (Å²) in [6.45, 7) is 3.83. The van der Waals surface area contributed by atoms with Crippen molar-refractivity contribution in [2.45, 2.75) is 37.9 Å². The first-order valence-electron chi connectivity index (χ1n) is 6.80. The summed E-state index contributed by atoms with van der Waals surface area (Å²) in [5.74, 6) is 0. The molecule has 0 radical (unpaired) electrons. The Morgan fingerprint density at radius 1 is 1.22 bits per heavy atom. The number of benzene rings is 1. The van der Waals surface area contributed by atoms with Gasteiger partial charge in [0.2, 0.25) is 0 Å². The molecule has 1 aliphatic heterocycles. The van der Waals surface area contributed by atoms with Crippen LogP contribution >= 0.6 is 0 Å². The van der Waals surface area contributed by atoms with Crippen molar-refractivity contribution < 1.29 is 4.74 Å². The summed E-state index contributed by atoms with van der Waals surface area (Å²) in [5.41, 5.74) is 7.51. The number of rotatable bonds is 4. The van der Waals surface area contributed by atoms with Crippen molar-refractivity contribution in [3.8, 4) is 0 Å². The quantitative estimate of drug-likeness (QED) is 0.887. The fraction of sp³-hybridized carbons (Fsp3) is 0.600. The van der Waals surface area contributed by atoms with E-state index >= 15 is 0 Å². The van der Waals surface area contributed by atoms with E-state index in [1.165, 1.54) is 5.56 Å². The lowest BCUT2D eigenvalue weighted by molar-refractivity contribution is 0.0246. The SMILES string of the molecule is CC(N)C(c1ccccc1)N(C)C1CCOCC1. The van der Waals surface area contributed by atoms with Gasteiger partial charge in [0.05, 0.1) is 0 Å². The molecule has 2 N–H and O–H groups in total. The molecule has 1 aromatic rings. The van der Waals surface area contributed by atoms with Gasteiger partial charge >= 0.3 is 0 Å². The molecule has 0 aliphatic carbocycles. The summed E-state index contributed by atoms with van der Waals surface area (Å²) in [7, 11) is 2.19. The fourth-order valence-corrected chi connectivity index (χ4v) is 2.88. The van der Waals surface area contributed by atoms with E-state index in [0.717, 1.165) is 26.1 Å². The first kappa shape index (κ1) is 13.5. The first-order valence-corrected chi connectivity index (χ1v) is 6.80. The van der Waals surface area contributed by atoms with Gasteiger partial charge < -0.3 is 10.5 Å². The molecule has 0 aromatic heterocycles. The number of likely N-dealkylation sites (N-methyl/N-ethyl adjacent to an activating group) is 1. The van der Waals surface area contributed by atoms with Crippen molar-refractivity contribution in [1.29, 1.82) is 0 Å². The third kappa shape index (κ3) is 3.10.